The van der Waals surface area contributed by atoms with Gasteiger partial charge in [0.15, 0.2) is 0 Å². The predicted octanol–water partition coefficient (Wildman–Crippen LogP) is 2.80. The van der Waals surface area contributed by atoms with Crippen LogP contribution in [0.25, 0.3) is 0 Å². The highest BCUT2D eigenvalue weighted by atomic mass is 19.4. The second kappa shape index (κ2) is 7.68. The lowest BCUT2D eigenvalue weighted by Crippen LogP contribution is -2.50. The van der Waals surface area contributed by atoms with Crippen LogP contribution in [-0.2, 0) is 22.2 Å². The Morgan fingerprint density at radius 1 is 1.12 bits per heavy atom. The molecule has 1 aliphatic carbocycles. The minimum absolute atomic E-state index is 0.0350. The third-order valence-electron chi connectivity index (χ3n) is 4.39. The van der Waals surface area contributed by atoms with Gasteiger partial charge in [0.1, 0.15) is 6.04 Å². The van der Waals surface area contributed by atoms with Gasteiger partial charge in [0.05, 0.1) is 12.0 Å². The summed E-state index contributed by atoms with van der Waals surface area (Å²) in [5, 5.41) is 2.64. The molecule has 24 heavy (non-hydrogen) atoms. The SMILES string of the molecule is NC(=O)[C@@H](NC(=O)Cc1ccc(C(F)(F)F)cc1)C1CCCCC1. The van der Waals surface area contributed by atoms with Crippen LogP contribution in [0.4, 0.5) is 13.2 Å². The van der Waals surface area contributed by atoms with E-state index in [2.05, 4.69) is 5.32 Å². The molecule has 0 unspecified atom stereocenters. The second-order valence-corrected chi connectivity index (χ2v) is 6.22. The van der Waals surface area contributed by atoms with Crippen LogP contribution in [0.2, 0.25) is 0 Å². The van der Waals surface area contributed by atoms with Crippen molar-refractivity contribution in [3.63, 3.8) is 0 Å². The normalized spacial score (nSPS) is 17.3. The number of nitrogens with two attached hydrogens (primary N) is 1. The first-order chi connectivity index (χ1) is 11.3. The van der Waals surface area contributed by atoms with Gasteiger partial charge in [0, 0.05) is 0 Å². The summed E-state index contributed by atoms with van der Waals surface area (Å²) in [6.07, 6.45) is 0.309. The van der Waals surface area contributed by atoms with E-state index in [4.69, 9.17) is 5.73 Å². The second-order valence-electron chi connectivity index (χ2n) is 6.22. The Balaban J connectivity index is 1.96. The number of benzene rings is 1. The zero-order valence-corrected chi connectivity index (χ0v) is 13.2. The van der Waals surface area contributed by atoms with Crippen molar-refractivity contribution >= 4 is 11.8 Å². The fourth-order valence-electron chi connectivity index (χ4n) is 3.11. The van der Waals surface area contributed by atoms with Crippen LogP contribution in [0.5, 0.6) is 0 Å². The Kier molecular flexibility index (Phi) is 5.85. The first kappa shape index (κ1) is 18.3. The highest BCUT2D eigenvalue weighted by Gasteiger charge is 2.31. The summed E-state index contributed by atoms with van der Waals surface area (Å²) in [6.45, 7) is 0. The quantitative estimate of drug-likeness (QED) is 0.864. The summed E-state index contributed by atoms with van der Waals surface area (Å²) in [5.74, 6) is -0.945. The number of alkyl halides is 3. The van der Waals surface area contributed by atoms with Crippen molar-refractivity contribution in [2.75, 3.05) is 0 Å². The number of hydrogen-bond donors (Lipinski definition) is 2. The first-order valence-corrected chi connectivity index (χ1v) is 8.02. The van der Waals surface area contributed by atoms with Crippen LogP contribution < -0.4 is 11.1 Å². The number of primary amides is 1. The maximum atomic E-state index is 12.5. The van der Waals surface area contributed by atoms with Crippen molar-refractivity contribution in [1.29, 1.82) is 0 Å². The smallest absolute Gasteiger partial charge is 0.368 e. The lowest BCUT2D eigenvalue weighted by molar-refractivity contribution is -0.137. The van der Waals surface area contributed by atoms with Gasteiger partial charge in [0.2, 0.25) is 11.8 Å². The molecule has 1 atom stereocenters. The molecule has 7 heteroatoms. The highest BCUT2D eigenvalue weighted by Crippen LogP contribution is 2.29. The molecule has 0 saturated heterocycles. The van der Waals surface area contributed by atoms with E-state index in [1.807, 2.05) is 0 Å². The minimum atomic E-state index is -4.40. The fourth-order valence-corrected chi connectivity index (χ4v) is 3.11. The van der Waals surface area contributed by atoms with Gasteiger partial charge in [-0.15, -0.1) is 0 Å². The van der Waals surface area contributed by atoms with Gasteiger partial charge in [-0.3, -0.25) is 9.59 Å². The molecule has 0 spiro atoms. The van der Waals surface area contributed by atoms with Crippen molar-refractivity contribution in [1.82, 2.24) is 5.32 Å². The van der Waals surface area contributed by atoms with Gasteiger partial charge in [-0.1, -0.05) is 31.4 Å². The fraction of sp³-hybridized carbons (Fsp3) is 0.529. The number of hydrogen-bond acceptors (Lipinski definition) is 2. The molecule has 1 aromatic carbocycles. The molecule has 0 aliphatic heterocycles. The van der Waals surface area contributed by atoms with E-state index < -0.39 is 29.6 Å². The first-order valence-electron chi connectivity index (χ1n) is 8.02. The lowest BCUT2D eigenvalue weighted by Gasteiger charge is -2.28. The Bertz CT molecular complexity index is 578. The monoisotopic (exact) mass is 342 g/mol. The van der Waals surface area contributed by atoms with Gasteiger partial charge < -0.3 is 11.1 Å². The van der Waals surface area contributed by atoms with E-state index in [0.29, 0.717) is 5.56 Å². The van der Waals surface area contributed by atoms with E-state index in [1.54, 1.807) is 0 Å². The molecule has 4 nitrogen and oxygen atoms in total. The molecule has 0 radical (unpaired) electrons. The van der Waals surface area contributed by atoms with Crippen LogP contribution in [0, 0.1) is 5.92 Å². The van der Waals surface area contributed by atoms with Gasteiger partial charge in [-0.05, 0) is 36.5 Å². The molecule has 3 N–H and O–H groups in total. The predicted molar refractivity (Wildman–Crippen MR) is 82.8 cm³/mol. The summed E-state index contributed by atoms with van der Waals surface area (Å²) in [7, 11) is 0. The lowest BCUT2D eigenvalue weighted by atomic mass is 9.83. The van der Waals surface area contributed by atoms with E-state index in [9.17, 15) is 22.8 Å². The molecule has 0 bridgehead atoms. The van der Waals surface area contributed by atoms with Gasteiger partial charge in [-0.25, -0.2) is 0 Å². The summed E-state index contributed by atoms with van der Waals surface area (Å²) >= 11 is 0. The summed E-state index contributed by atoms with van der Waals surface area (Å²) < 4.78 is 37.6. The van der Waals surface area contributed by atoms with Gasteiger partial charge in [-0.2, -0.15) is 13.2 Å². The molecular formula is C17H21F3N2O2. The third-order valence-corrected chi connectivity index (χ3v) is 4.39. The largest absolute Gasteiger partial charge is 0.416 e. The number of halogens is 3. The van der Waals surface area contributed by atoms with Crippen LogP contribution >= 0.6 is 0 Å². The van der Waals surface area contributed by atoms with Crippen molar-refractivity contribution < 1.29 is 22.8 Å². The number of carbonyl (C=O) groups excluding carboxylic acids is 2. The van der Waals surface area contributed by atoms with E-state index in [1.165, 1.54) is 12.1 Å². The van der Waals surface area contributed by atoms with Crippen LogP contribution in [0.15, 0.2) is 24.3 Å². The zero-order chi connectivity index (χ0) is 17.7. The third kappa shape index (κ3) is 4.97. The Labute approximate surface area is 138 Å². The zero-order valence-electron chi connectivity index (χ0n) is 13.2. The van der Waals surface area contributed by atoms with Crippen LogP contribution in [0.1, 0.15) is 43.2 Å². The van der Waals surface area contributed by atoms with Gasteiger partial charge in [0.25, 0.3) is 0 Å². The number of nitrogens with one attached hydrogen (secondary N) is 1. The molecule has 2 amide bonds. The summed E-state index contributed by atoms with van der Waals surface area (Å²) in [6, 6.07) is 3.70. The Morgan fingerprint density at radius 3 is 2.21 bits per heavy atom. The van der Waals surface area contributed by atoms with Crippen LogP contribution in [-0.4, -0.2) is 17.9 Å². The average Bonchev–Trinajstić information content (AvgIpc) is 2.53. The minimum Gasteiger partial charge on any atom is -0.368 e. The summed E-state index contributed by atoms with van der Waals surface area (Å²) in [4.78, 5) is 23.7. The molecule has 0 aromatic heterocycles. The van der Waals surface area contributed by atoms with E-state index in [-0.39, 0.29) is 12.3 Å². The standard InChI is InChI=1S/C17H21F3N2O2/c18-17(19,20)13-8-6-11(7-9-13)10-14(23)22-15(16(21)24)12-4-2-1-3-5-12/h6-9,12,15H,1-5,10H2,(H2,21,24)(H,22,23)/t15-/m0/s1. The van der Waals surface area contributed by atoms with Crippen molar-refractivity contribution in [3.8, 4) is 0 Å². The van der Waals surface area contributed by atoms with Crippen molar-refractivity contribution in [3.05, 3.63) is 35.4 Å². The van der Waals surface area contributed by atoms with E-state index >= 15 is 0 Å². The number of rotatable bonds is 5. The molecule has 1 fully saturated rings. The molecule has 1 saturated carbocycles. The van der Waals surface area contributed by atoms with Crippen molar-refractivity contribution in [2.45, 2.75) is 50.7 Å². The average molecular weight is 342 g/mol. The molecule has 1 aliphatic rings. The molecule has 2 rings (SSSR count). The van der Waals surface area contributed by atoms with Gasteiger partial charge >= 0.3 is 6.18 Å². The molecule has 1 aromatic rings. The topological polar surface area (TPSA) is 72.2 Å². The van der Waals surface area contributed by atoms with Crippen molar-refractivity contribution in [2.24, 2.45) is 11.7 Å². The number of amides is 2. The highest BCUT2D eigenvalue weighted by molar-refractivity contribution is 5.87. The summed E-state index contributed by atoms with van der Waals surface area (Å²) in [5.41, 5.74) is 5.09. The molecule has 132 valence electrons. The molecular weight excluding hydrogens is 321 g/mol. The number of carbonyl (C=O) groups is 2. The Hall–Kier alpha value is -2.05. The maximum absolute atomic E-state index is 12.5. The molecule has 0 heterocycles. The van der Waals surface area contributed by atoms with E-state index in [0.717, 1.165) is 44.2 Å². The maximum Gasteiger partial charge on any atom is 0.416 e. The Morgan fingerprint density at radius 2 is 1.71 bits per heavy atom. The van der Waals surface area contributed by atoms with Crippen LogP contribution in [0.3, 0.4) is 0 Å².